The molecule has 1 aromatic carbocycles. The number of hydrogen-bond donors (Lipinski definition) is 1. The zero-order valence-corrected chi connectivity index (χ0v) is 9.51. The second-order valence-electron chi connectivity index (χ2n) is 3.30. The van der Waals surface area contributed by atoms with Gasteiger partial charge in [-0.2, -0.15) is 11.8 Å². The van der Waals surface area contributed by atoms with E-state index < -0.39 is 0 Å². The molecule has 1 unspecified atom stereocenters. The average Bonchev–Trinajstić information content (AvgIpc) is 2.18. The molecule has 14 heavy (non-hydrogen) atoms. The van der Waals surface area contributed by atoms with E-state index in [1.807, 2.05) is 36.9 Å². The Morgan fingerprint density at radius 1 is 1.43 bits per heavy atom. The standard InChI is InChI=1S/C11H17NOS/c1-9(12)7-14-8-10-5-3-4-6-11(10)13-2/h3-6,9H,7-8,12H2,1-2H3. The summed E-state index contributed by atoms with van der Waals surface area (Å²) in [5, 5.41) is 0. The Kier molecular flexibility index (Phi) is 4.84. The molecule has 2 N–H and O–H groups in total. The van der Waals surface area contributed by atoms with Gasteiger partial charge in [0.1, 0.15) is 5.75 Å². The van der Waals surface area contributed by atoms with Gasteiger partial charge < -0.3 is 10.5 Å². The lowest BCUT2D eigenvalue weighted by Gasteiger charge is -2.08. The van der Waals surface area contributed by atoms with E-state index in [1.54, 1.807) is 7.11 Å². The van der Waals surface area contributed by atoms with Gasteiger partial charge in [0.15, 0.2) is 0 Å². The molecule has 0 aliphatic rings. The average molecular weight is 211 g/mol. The maximum Gasteiger partial charge on any atom is 0.122 e. The van der Waals surface area contributed by atoms with Crippen LogP contribution >= 0.6 is 11.8 Å². The summed E-state index contributed by atoms with van der Waals surface area (Å²) >= 11 is 1.84. The Morgan fingerprint density at radius 3 is 2.79 bits per heavy atom. The molecule has 0 aliphatic heterocycles. The summed E-state index contributed by atoms with van der Waals surface area (Å²) in [6, 6.07) is 8.35. The number of rotatable bonds is 5. The lowest BCUT2D eigenvalue weighted by molar-refractivity contribution is 0.411. The predicted molar refractivity (Wildman–Crippen MR) is 62.8 cm³/mol. The van der Waals surface area contributed by atoms with Crippen LogP contribution in [0.2, 0.25) is 0 Å². The molecule has 0 radical (unpaired) electrons. The first kappa shape index (κ1) is 11.4. The fraction of sp³-hybridized carbons (Fsp3) is 0.455. The van der Waals surface area contributed by atoms with Crippen LogP contribution < -0.4 is 10.5 Å². The molecule has 1 atom stereocenters. The molecule has 0 fully saturated rings. The van der Waals surface area contributed by atoms with Gasteiger partial charge in [-0.3, -0.25) is 0 Å². The van der Waals surface area contributed by atoms with Crippen LogP contribution in [0.5, 0.6) is 5.75 Å². The van der Waals surface area contributed by atoms with Gasteiger partial charge in [0.25, 0.3) is 0 Å². The molecule has 0 heterocycles. The van der Waals surface area contributed by atoms with Gasteiger partial charge in [0.2, 0.25) is 0 Å². The third-order valence-electron chi connectivity index (χ3n) is 1.83. The van der Waals surface area contributed by atoms with Crippen molar-refractivity contribution in [3.63, 3.8) is 0 Å². The fourth-order valence-corrected chi connectivity index (χ4v) is 2.13. The summed E-state index contributed by atoms with van der Waals surface area (Å²) in [4.78, 5) is 0. The van der Waals surface area contributed by atoms with E-state index in [2.05, 4.69) is 6.07 Å². The molecule has 0 saturated heterocycles. The van der Waals surface area contributed by atoms with Gasteiger partial charge in [-0.15, -0.1) is 0 Å². The van der Waals surface area contributed by atoms with Crippen molar-refractivity contribution in [2.24, 2.45) is 5.73 Å². The summed E-state index contributed by atoms with van der Waals surface area (Å²) in [6.07, 6.45) is 0. The van der Waals surface area contributed by atoms with E-state index in [9.17, 15) is 0 Å². The van der Waals surface area contributed by atoms with Gasteiger partial charge in [-0.1, -0.05) is 18.2 Å². The maximum atomic E-state index is 5.68. The molecule has 78 valence electrons. The highest BCUT2D eigenvalue weighted by atomic mass is 32.2. The second-order valence-corrected chi connectivity index (χ2v) is 4.33. The van der Waals surface area contributed by atoms with Crippen LogP contribution in [0.15, 0.2) is 24.3 Å². The summed E-state index contributed by atoms with van der Waals surface area (Å²) in [6.45, 7) is 2.02. The van der Waals surface area contributed by atoms with E-state index in [-0.39, 0.29) is 6.04 Å². The third kappa shape index (κ3) is 3.60. The molecule has 0 aliphatic carbocycles. The lowest BCUT2D eigenvalue weighted by Crippen LogP contribution is -2.17. The third-order valence-corrected chi connectivity index (χ3v) is 3.11. The van der Waals surface area contributed by atoms with Gasteiger partial charge >= 0.3 is 0 Å². The predicted octanol–water partition coefficient (Wildman–Crippen LogP) is 2.28. The summed E-state index contributed by atoms with van der Waals surface area (Å²) < 4.78 is 5.26. The first-order valence-electron chi connectivity index (χ1n) is 4.69. The minimum Gasteiger partial charge on any atom is -0.496 e. The van der Waals surface area contributed by atoms with Crippen LogP contribution in [-0.2, 0) is 5.75 Å². The highest BCUT2D eigenvalue weighted by Crippen LogP contribution is 2.22. The van der Waals surface area contributed by atoms with E-state index in [0.29, 0.717) is 0 Å². The topological polar surface area (TPSA) is 35.2 Å². The zero-order chi connectivity index (χ0) is 10.4. The maximum absolute atomic E-state index is 5.68. The van der Waals surface area contributed by atoms with Gasteiger partial charge in [0, 0.05) is 23.1 Å². The largest absolute Gasteiger partial charge is 0.496 e. The normalized spacial score (nSPS) is 12.5. The SMILES string of the molecule is COc1ccccc1CSCC(C)N. The van der Waals surface area contributed by atoms with E-state index in [4.69, 9.17) is 10.5 Å². The Balaban J connectivity index is 2.49. The van der Waals surface area contributed by atoms with Crippen molar-refractivity contribution in [1.29, 1.82) is 0 Å². The number of thioether (sulfide) groups is 1. The molecule has 3 heteroatoms. The van der Waals surface area contributed by atoms with Gasteiger partial charge in [0.05, 0.1) is 7.11 Å². The van der Waals surface area contributed by atoms with Gasteiger partial charge in [-0.05, 0) is 13.0 Å². The number of benzene rings is 1. The monoisotopic (exact) mass is 211 g/mol. The molecule has 0 bridgehead atoms. The Morgan fingerprint density at radius 2 is 2.14 bits per heavy atom. The Labute approximate surface area is 89.8 Å². The first-order valence-corrected chi connectivity index (χ1v) is 5.84. The minimum atomic E-state index is 0.259. The number of hydrogen-bond acceptors (Lipinski definition) is 3. The molecule has 0 saturated carbocycles. The number of para-hydroxylation sites is 1. The van der Waals surface area contributed by atoms with Crippen LogP contribution in [0.3, 0.4) is 0 Å². The molecule has 0 spiro atoms. The number of nitrogens with two attached hydrogens (primary N) is 1. The Bertz CT molecular complexity index is 276. The first-order chi connectivity index (χ1) is 6.74. The van der Waals surface area contributed by atoms with Crippen LogP contribution in [0.1, 0.15) is 12.5 Å². The molecule has 0 aromatic heterocycles. The van der Waals surface area contributed by atoms with Crippen molar-refractivity contribution < 1.29 is 4.74 Å². The molecule has 0 amide bonds. The number of ether oxygens (including phenoxy) is 1. The minimum absolute atomic E-state index is 0.259. The van der Waals surface area contributed by atoms with E-state index in [1.165, 1.54) is 5.56 Å². The van der Waals surface area contributed by atoms with Crippen LogP contribution in [0, 0.1) is 0 Å². The van der Waals surface area contributed by atoms with Crippen molar-refractivity contribution in [3.05, 3.63) is 29.8 Å². The molecular formula is C11H17NOS. The van der Waals surface area contributed by atoms with Crippen molar-refractivity contribution in [1.82, 2.24) is 0 Å². The zero-order valence-electron chi connectivity index (χ0n) is 8.69. The van der Waals surface area contributed by atoms with Crippen LogP contribution in [0.25, 0.3) is 0 Å². The smallest absolute Gasteiger partial charge is 0.122 e. The van der Waals surface area contributed by atoms with Crippen LogP contribution in [0.4, 0.5) is 0 Å². The molecule has 2 nitrogen and oxygen atoms in total. The molecule has 1 aromatic rings. The van der Waals surface area contributed by atoms with Gasteiger partial charge in [-0.25, -0.2) is 0 Å². The second kappa shape index (κ2) is 5.94. The molecule has 1 rings (SSSR count). The van der Waals surface area contributed by atoms with E-state index >= 15 is 0 Å². The number of methoxy groups -OCH3 is 1. The summed E-state index contributed by atoms with van der Waals surface area (Å²) in [7, 11) is 1.70. The van der Waals surface area contributed by atoms with Crippen molar-refractivity contribution in [2.75, 3.05) is 12.9 Å². The highest BCUT2D eigenvalue weighted by Gasteiger charge is 2.02. The summed E-state index contributed by atoms with van der Waals surface area (Å²) in [5.74, 6) is 2.91. The highest BCUT2D eigenvalue weighted by molar-refractivity contribution is 7.98. The summed E-state index contributed by atoms with van der Waals surface area (Å²) in [5.41, 5.74) is 6.91. The van der Waals surface area contributed by atoms with Crippen molar-refractivity contribution in [3.8, 4) is 5.75 Å². The Hall–Kier alpha value is -0.670. The van der Waals surface area contributed by atoms with Crippen molar-refractivity contribution >= 4 is 11.8 Å². The van der Waals surface area contributed by atoms with Crippen molar-refractivity contribution in [2.45, 2.75) is 18.7 Å². The lowest BCUT2D eigenvalue weighted by atomic mass is 10.2. The fourth-order valence-electron chi connectivity index (χ4n) is 1.18. The van der Waals surface area contributed by atoms with E-state index in [0.717, 1.165) is 17.3 Å². The van der Waals surface area contributed by atoms with Crippen LogP contribution in [-0.4, -0.2) is 18.9 Å². The molecular weight excluding hydrogens is 194 g/mol. The quantitative estimate of drug-likeness (QED) is 0.811.